The van der Waals surface area contributed by atoms with E-state index in [0.717, 1.165) is 38.4 Å². The van der Waals surface area contributed by atoms with E-state index in [9.17, 15) is 4.79 Å². The number of nitrogens with zero attached hydrogens (tertiary/aromatic N) is 2. The molecule has 1 amide bonds. The molecule has 5 heteroatoms. The maximum Gasteiger partial charge on any atom is 0.404 e. The number of hydrogen-bond acceptors (Lipinski definition) is 3. The topological polar surface area (TPSA) is 65.5 Å². The van der Waals surface area contributed by atoms with Crippen molar-refractivity contribution in [1.82, 2.24) is 15.2 Å². The van der Waals surface area contributed by atoms with Crippen LogP contribution in [0.3, 0.4) is 0 Å². The molecule has 0 atom stereocenters. The summed E-state index contributed by atoms with van der Waals surface area (Å²) < 4.78 is 0. The first-order valence-electron chi connectivity index (χ1n) is 7.33. The fourth-order valence-corrected chi connectivity index (χ4v) is 2.73. The van der Waals surface area contributed by atoms with Gasteiger partial charge in [0.25, 0.3) is 0 Å². The Morgan fingerprint density at radius 1 is 1.40 bits per heavy atom. The van der Waals surface area contributed by atoms with Gasteiger partial charge in [-0.1, -0.05) is 6.07 Å². The summed E-state index contributed by atoms with van der Waals surface area (Å²) in [5.74, 6) is 0.735. The van der Waals surface area contributed by atoms with Crippen LogP contribution < -0.4 is 5.32 Å². The molecule has 1 aliphatic heterocycles. The molecule has 1 aromatic heterocycles. The molecule has 0 aromatic carbocycles. The van der Waals surface area contributed by atoms with E-state index in [2.05, 4.69) is 21.3 Å². The van der Waals surface area contributed by atoms with Crippen molar-refractivity contribution in [2.45, 2.75) is 25.7 Å². The summed E-state index contributed by atoms with van der Waals surface area (Å²) in [6, 6.07) is 6.11. The summed E-state index contributed by atoms with van der Waals surface area (Å²) in [6.07, 6.45) is 5.32. The van der Waals surface area contributed by atoms with Crippen LogP contribution in [0.4, 0.5) is 4.79 Å². The largest absolute Gasteiger partial charge is 0.465 e. The van der Waals surface area contributed by atoms with E-state index in [1.807, 2.05) is 18.3 Å². The van der Waals surface area contributed by atoms with E-state index in [1.54, 1.807) is 0 Å². The molecule has 2 heterocycles. The molecule has 0 saturated carbocycles. The average Bonchev–Trinajstić information content (AvgIpc) is 2.46. The van der Waals surface area contributed by atoms with Crippen molar-refractivity contribution in [1.29, 1.82) is 0 Å². The average molecular weight is 277 g/mol. The van der Waals surface area contributed by atoms with Crippen molar-refractivity contribution >= 4 is 6.09 Å². The summed E-state index contributed by atoms with van der Waals surface area (Å²) in [5.41, 5.74) is 1.19. The SMILES string of the molecule is O=C(O)NCCCN1CCC(Cc2ccccn2)CC1. The Labute approximate surface area is 120 Å². The van der Waals surface area contributed by atoms with Gasteiger partial charge in [0.05, 0.1) is 0 Å². The number of amides is 1. The molecule has 1 saturated heterocycles. The van der Waals surface area contributed by atoms with Gasteiger partial charge in [-0.25, -0.2) is 4.79 Å². The van der Waals surface area contributed by atoms with Crippen LogP contribution in [0.25, 0.3) is 0 Å². The molecule has 0 radical (unpaired) electrons. The van der Waals surface area contributed by atoms with Gasteiger partial charge in [-0.15, -0.1) is 0 Å². The van der Waals surface area contributed by atoms with Crippen molar-refractivity contribution in [2.24, 2.45) is 5.92 Å². The van der Waals surface area contributed by atoms with Gasteiger partial charge < -0.3 is 15.3 Å². The van der Waals surface area contributed by atoms with E-state index in [0.29, 0.717) is 6.54 Å². The molecule has 0 aliphatic carbocycles. The molecule has 2 N–H and O–H groups in total. The van der Waals surface area contributed by atoms with Crippen LogP contribution in [0.5, 0.6) is 0 Å². The number of carboxylic acid groups (broad SMARTS) is 1. The minimum atomic E-state index is -0.931. The van der Waals surface area contributed by atoms with Crippen LogP contribution in [-0.4, -0.2) is 47.3 Å². The van der Waals surface area contributed by atoms with Crippen molar-refractivity contribution in [3.63, 3.8) is 0 Å². The Morgan fingerprint density at radius 3 is 2.85 bits per heavy atom. The quantitative estimate of drug-likeness (QED) is 0.781. The second-order valence-corrected chi connectivity index (χ2v) is 5.40. The summed E-state index contributed by atoms with van der Waals surface area (Å²) in [4.78, 5) is 17.2. The van der Waals surface area contributed by atoms with Gasteiger partial charge in [-0.2, -0.15) is 0 Å². The van der Waals surface area contributed by atoms with Crippen molar-refractivity contribution < 1.29 is 9.90 Å². The van der Waals surface area contributed by atoms with Crippen LogP contribution in [0.1, 0.15) is 25.0 Å². The molecular formula is C15H23N3O2. The van der Waals surface area contributed by atoms with E-state index < -0.39 is 6.09 Å². The lowest BCUT2D eigenvalue weighted by atomic mass is 9.92. The molecule has 20 heavy (non-hydrogen) atoms. The summed E-state index contributed by atoms with van der Waals surface area (Å²) in [7, 11) is 0. The minimum absolute atomic E-state index is 0.545. The van der Waals surface area contributed by atoms with Crippen molar-refractivity contribution in [2.75, 3.05) is 26.2 Å². The third-order valence-electron chi connectivity index (χ3n) is 3.86. The minimum Gasteiger partial charge on any atom is -0.465 e. The first-order chi connectivity index (χ1) is 9.74. The molecule has 0 bridgehead atoms. The predicted molar refractivity (Wildman–Crippen MR) is 77.7 cm³/mol. The lowest BCUT2D eigenvalue weighted by Gasteiger charge is -2.31. The number of pyridine rings is 1. The second kappa shape index (κ2) is 7.85. The fraction of sp³-hybridized carbons (Fsp3) is 0.600. The highest BCUT2D eigenvalue weighted by Gasteiger charge is 2.19. The number of hydrogen-bond donors (Lipinski definition) is 2. The van der Waals surface area contributed by atoms with Crippen molar-refractivity contribution in [3.8, 4) is 0 Å². The lowest BCUT2D eigenvalue weighted by molar-refractivity contribution is 0.177. The standard InChI is InChI=1S/C15H23N3O2/c19-15(20)17-8-3-9-18-10-5-13(6-11-18)12-14-4-1-2-7-16-14/h1-2,4,7,13,17H,3,5-6,8-12H2,(H,19,20). The van der Waals surface area contributed by atoms with Gasteiger partial charge >= 0.3 is 6.09 Å². The molecule has 1 aliphatic rings. The number of piperidine rings is 1. The molecular weight excluding hydrogens is 254 g/mol. The summed E-state index contributed by atoms with van der Waals surface area (Å²) in [5, 5.41) is 10.9. The zero-order valence-corrected chi connectivity index (χ0v) is 11.8. The number of aromatic nitrogens is 1. The van der Waals surface area contributed by atoms with Crippen LogP contribution in [0, 0.1) is 5.92 Å². The van der Waals surface area contributed by atoms with Crippen LogP contribution >= 0.6 is 0 Å². The van der Waals surface area contributed by atoms with Gasteiger partial charge in [-0.3, -0.25) is 4.98 Å². The number of likely N-dealkylation sites (tertiary alicyclic amines) is 1. The van der Waals surface area contributed by atoms with Gasteiger partial charge in [0.15, 0.2) is 0 Å². The molecule has 0 unspecified atom stereocenters. The van der Waals surface area contributed by atoms with E-state index >= 15 is 0 Å². The highest BCUT2D eigenvalue weighted by Crippen LogP contribution is 2.20. The fourth-order valence-electron chi connectivity index (χ4n) is 2.73. The van der Waals surface area contributed by atoms with Crippen LogP contribution in [0.15, 0.2) is 24.4 Å². The van der Waals surface area contributed by atoms with E-state index in [-0.39, 0.29) is 0 Å². The number of carbonyl (C=O) groups is 1. The van der Waals surface area contributed by atoms with Gasteiger partial charge in [-0.05, 0) is 63.4 Å². The molecule has 110 valence electrons. The Kier molecular flexibility index (Phi) is 5.80. The Balaban J connectivity index is 1.61. The zero-order chi connectivity index (χ0) is 14.2. The third kappa shape index (κ3) is 5.17. The number of nitrogens with one attached hydrogen (secondary N) is 1. The Bertz CT molecular complexity index is 403. The third-order valence-corrected chi connectivity index (χ3v) is 3.86. The second-order valence-electron chi connectivity index (χ2n) is 5.40. The highest BCUT2D eigenvalue weighted by molar-refractivity contribution is 5.64. The van der Waals surface area contributed by atoms with E-state index in [1.165, 1.54) is 18.5 Å². The number of rotatable bonds is 6. The maximum atomic E-state index is 10.3. The monoisotopic (exact) mass is 277 g/mol. The van der Waals surface area contributed by atoms with Gasteiger partial charge in [0, 0.05) is 18.4 Å². The summed E-state index contributed by atoms with van der Waals surface area (Å²) in [6.45, 7) is 3.76. The molecule has 1 aromatic rings. The smallest absolute Gasteiger partial charge is 0.404 e. The summed E-state index contributed by atoms with van der Waals surface area (Å²) >= 11 is 0. The normalized spacial score (nSPS) is 17.0. The first kappa shape index (κ1) is 14.8. The Hall–Kier alpha value is -1.62. The first-order valence-corrected chi connectivity index (χ1v) is 7.33. The maximum absolute atomic E-state index is 10.3. The Morgan fingerprint density at radius 2 is 2.20 bits per heavy atom. The molecule has 2 rings (SSSR count). The highest BCUT2D eigenvalue weighted by atomic mass is 16.4. The van der Waals surface area contributed by atoms with Gasteiger partial charge in [0.2, 0.25) is 0 Å². The lowest BCUT2D eigenvalue weighted by Crippen LogP contribution is -2.36. The van der Waals surface area contributed by atoms with Crippen molar-refractivity contribution in [3.05, 3.63) is 30.1 Å². The van der Waals surface area contributed by atoms with E-state index in [4.69, 9.17) is 5.11 Å². The molecule has 0 spiro atoms. The molecule has 1 fully saturated rings. The van der Waals surface area contributed by atoms with Gasteiger partial charge in [0.1, 0.15) is 0 Å². The van der Waals surface area contributed by atoms with Crippen LogP contribution in [-0.2, 0) is 6.42 Å². The van der Waals surface area contributed by atoms with Crippen LogP contribution in [0.2, 0.25) is 0 Å². The predicted octanol–water partition coefficient (Wildman–Crippen LogP) is 1.99. The molecule has 5 nitrogen and oxygen atoms in total. The zero-order valence-electron chi connectivity index (χ0n) is 11.8.